The van der Waals surface area contributed by atoms with E-state index in [2.05, 4.69) is 28.8 Å². The zero-order valence-corrected chi connectivity index (χ0v) is 17.4. The van der Waals surface area contributed by atoms with Gasteiger partial charge in [0.15, 0.2) is 11.5 Å². The molecule has 0 aliphatic carbocycles. The van der Waals surface area contributed by atoms with Crippen molar-refractivity contribution in [1.29, 1.82) is 0 Å². The molecular formula is C25H26N2O3. The van der Waals surface area contributed by atoms with E-state index >= 15 is 0 Å². The van der Waals surface area contributed by atoms with Crippen molar-refractivity contribution < 1.29 is 14.2 Å². The summed E-state index contributed by atoms with van der Waals surface area (Å²) in [5, 5.41) is 0. The summed E-state index contributed by atoms with van der Waals surface area (Å²) < 4.78 is 19.2. The van der Waals surface area contributed by atoms with Crippen molar-refractivity contribution in [3.05, 3.63) is 84.2 Å². The van der Waals surface area contributed by atoms with E-state index in [0.717, 1.165) is 40.5 Å². The number of para-hydroxylation sites is 4. The van der Waals surface area contributed by atoms with Gasteiger partial charge in [0.1, 0.15) is 18.2 Å². The lowest BCUT2D eigenvalue weighted by Gasteiger charge is -2.13. The van der Waals surface area contributed by atoms with E-state index in [1.807, 2.05) is 55.5 Å². The van der Waals surface area contributed by atoms with Crippen LogP contribution in [0.2, 0.25) is 0 Å². The Balaban J connectivity index is 1.54. The van der Waals surface area contributed by atoms with Crippen molar-refractivity contribution in [2.45, 2.75) is 19.9 Å². The van der Waals surface area contributed by atoms with E-state index in [-0.39, 0.29) is 0 Å². The van der Waals surface area contributed by atoms with Crippen molar-refractivity contribution in [2.24, 2.45) is 0 Å². The predicted octanol–water partition coefficient (Wildman–Crippen LogP) is 5.11. The summed E-state index contributed by atoms with van der Waals surface area (Å²) in [5.41, 5.74) is 3.30. The second kappa shape index (κ2) is 9.35. The van der Waals surface area contributed by atoms with E-state index < -0.39 is 0 Å². The number of ether oxygens (including phenoxy) is 3. The van der Waals surface area contributed by atoms with Crippen LogP contribution in [0.25, 0.3) is 11.0 Å². The molecule has 0 saturated heterocycles. The quantitative estimate of drug-likeness (QED) is 0.390. The number of aromatic nitrogens is 2. The molecule has 0 saturated carbocycles. The van der Waals surface area contributed by atoms with Gasteiger partial charge in [-0.25, -0.2) is 4.98 Å². The maximum atomic E-state index is 6.06. The lowest BCUT2D eigenvalue weighted by molar-refractivity contribution is 0.266. The van der Waals surface area contributed by atoms with Crippen LogP contribution < -0.4 is 14.2 Å². The Bertz CT molecular complexity index is 1100. The highest BCUT2D eigenvalue weighted by Crippen LogP contribution is 2.27. The molecule has 0 amide bonds. The van der Waals surface area contributed by atoms with Gasteiger partial charge in [0.25, 0.3) is 0 Å². The molecule has 0 unspecified atom stereocenters. The maximum Gasteiger partial charge on any atom is 0.161 e. The third kappa shape index (κ3) is 4.40. The largest absolute Gasteiger partial charge is 0.497 e. The Morgan fingerprint density at radius 2 is 1.53 bits per heavy atom. The zero-order valence-electron chi connectivity index (χ0n) is 17.4. The van der Waals surface area contributed by atoms with E-state index in [1.54, 1.807) is 7.11 Å². The van der Waals surface area contributed by atoms with Gasteiger partial charge in [-0.15, -0.1) is 0 Å². The van der Waals surface area contributed by atoms with Gasteiger partial charge in [0, 0.05) is 6.42 Å². The fourth-order valence-electron chi connectivity index (χ4n) is 3.53. The third-order valence-corrected chi connectivity index (χ3v) is 4.98. The number of nitrogens with zero attached hydrogens (tertiary/aromatic N) is 2. The average Bonchev–Trinajstić information content (AvgIpc) is 3.13. The third-order valence-electron chi connectivity index (χ3n) is 4.98. The molecule has 0 radical (unpaired) electrons. The highest BCUT2D eigenvalue weighted by Gasteiger charge is 2.12. The van der Waals surface area contributed by atoms with Gasteiger partial charge >= 0.3 is 0 Å². The van der Waals surface area contributed by atoms with Crippen molar-refractivity contribution in [3.8, 4) is 17.2 Å². The summed E-state index contributed by atoms with van der Waals surface area (Å²) >= 11 is 0. The second-order valence-corrected chi connectivity index (χ2v) is 6.92. The first-order chi connectivity index (χ1) is 14.8. The van der Waals surface area contributed by atoms with Crippen molar-refractivity contribution in [3.63, 3.8) is 0 Å². The Labute approximate surface area is 176 Å². The first-order valence-corrected chi connectivity index (χ1v) is 10.2. The number of fused-ring (bicyclic) bond motifs is 1. The number of rotatable bonds is 9. The molecule has 0 aliphatic heterocycles. The van der Waals surface area contributed by atoms with Gasteiger partial charge < -0.3 is 18.8 Å². The number of hydrogen-bond donors (Lipinski definition) is 0. The molecule has 30 heavy (non-hydrogen) atoms. The van der Waals surface area contributed by atoms with E-state index in [9.17, 15) is 0 Å². The highest BCUT2D eigenvalue weighted by molar-refractivity contribution is 5.76. The monoisotopic (exact) mass is 402 g/mol. The van der Waals surface area contributed by atoms with E-state index in [4.69, 9.17) is 19.2 Å². The summed E-state index contributed by atoms with van der Waals surface area (Å²) in [6.45, 7) is 3.81. The Morgan fingerprint density at radius 3 is 2.27 bits per heavy atom. The van der Waals surface area contributed by atoms with Crippen molar-refractivity contribution >= 4 is 11.0 Å². The lowest BCUT2D eigenvalue weighted by Crippen LogP contribution is -2.12. The van der Waals surface area contributed by atoms with Crippen molar-refractivity contribution in [2.75, 3.05) is 20.3 Å². The second-order valence-electron chi connectivity index (χ2n) is 6.92. The maximum absolute atomic E-state index is 6.06. The normalized spacial score (nSPS) is 10.9. The Hall–Kier alpha value is -3.47. The zero-order chi connectivity index (χ0) is 20.8. The molecule has 4 aromatic rings. The number of imidazole rings is 1. The van der Waals surface area contributed by atoms with Crippen molar-refractivity contribution in [1.82, 2.24) is 9.55 Å². The van der Waals surface area contributed by atoms with E-state index in [0.29, 0.717) is 19.8 Å². The first kappa shape index (κ1) is 19.8. The smallest absolute Gasteiger partial charge is 0.161 e. The fourth-order valence-corrected chi connectivity index (χ4v) is 3.53. The minimum Gasteiger partial charge on any atom is -0.497 e. The van der Waals surface area contributed by atoms with Gasteiger partial charge in [-0.3, -0.25) is 0 Å². The molecule has 1 aromatic heterocycles. The van der Waals surface area contributed by atoms with Crippen LogP contribution in [0, 0.1) is 0 Å². The van der Waals surface area contributed by atoms with Gasteiger partial charge in [-0.2, -0.15) is 0 Å². The highest BCUT2D eigenvalue weighted by atomic mass is 16.5. The summed E-state index contributed by atoms with van der Waals surface area (Å²) in [6.07, 6.45) is 0.744. The summed E-state index contributed by atoms with van der Waals surface area (Å²) in [6, 6.07) is 24.1. The molecule has 0 atom stereocenters. The molecule has 154 valence electrons. The molecule has 0 bridgehead atoms. The van der Waals surface area contributed by atoms with Gasteiger partial charge in [0.2, 0.25) is 0 Å². The molecule has 1 heterocycles. The van der Waals surface area contributed by atoms with Crippen LogP contribution in [0.3, 0.4) is 0 Å². The molecule has 4 rings (SSSR count). The topological polar surface area (TPSA) is 45.5 Å². The van der Waals surface area contributed by atoms with Crippen LogP contribution in [-0.2, 0) is 13.0 Å². The van der Waals surface area contributed by atoms with Crippen LogP contribution in [-0.4, -0.2) is 29.9 Å². The molecule has 5 heteroatoms. The lowest BCUT2D eigenvalue weighted by atomic mass is 10.1. The molecule has 0 aliphatic rings. The standard InChI is InChI=1S/C25H26N2O3/c1-3-29-23-10-6-7-11-24(23)30-17-16-27-22-9-5-4-8-21(22)26-25(27)18-19-12-14-20(28-2)15-13-19/h4-15H,3,16-18H2,1-2H3. The van der Waals surface area contributed by atoms with Crippen LogP contribution in [0.4, 0.5) is 0 Å². The summed E-state index contributed by atoms with van der Waals surface area (Å²) in [7, 11) is 1.68. The van der Waals surface area contributed by atoms with Gasteiger partial charge in [-0.05, 0) is 48.9 Å². The van der Waals surface area contributed by atoms with Crippen LogP contribution in [0.1, 0.15) is 18.3 Å². The minimum atomic E-state index is 0.528. The average molecular weight is 402 g/mol. The van der Waals surface area contributed by atoms with Crippen LogP contribution in [0.15, 0.2) is 72.8 Å². The van der Waals surface area contributed by atoms with Gasteiger partial charge in [-0.1, -0.05) is 36.4 Å². The number of methoxy groups -OCH3 is 1. The molecule has 3 aromatic carbocycles. The Morgan fingerprint density at radius 1 is 0.833 bits per heavy atom. The fraction of sp³-hybridized carbons (Fsp3) is 0.240. The predicted molar refractivity (Wildman–Crippen MR) is 119 cm³/mol. The molecule has 0 fully saturated rings. The molecular weight excluding hydrogens is 376 g/mol. The molecule has 0 N–H and O–H groups in total. The summed E-state index contributed by atoms with van der Waals surface area (Å²) in [4.78, 5) is 4.87. The van der Waals surface area contributed by atoms with Gasteiger partial charge in [0.05, 0.1) is 31.3 Å². The number of hydrogen-bond acceptors (Lipinski definition) is 4. The van der Waals surface area contributed by atoms with E-state index in [1.165, 1.54) is 5.56 Å². The summed E-state index contributed by atoms with van der Waals surface area (Å²) in [5.74, 6) is 3.41. The van der Waals surface area contributed by atoms with Crippen LogP contribution >= 0.6 is 0 Å². The number of benzene rings is 3. The molecule has 5 nitrogen and oxygen atoms in total. The Kier molecular flexibility index (Phi) is 6.18. The first-order valence-electron chi connectivity index (χ1n) is 10.2. The minimum absolute atomic E-state index is 0.528. The van der Waals surface area contributed by atoms with Crippen LogP contribution in [0.5, 0.6) is 17.2 Å². The SMILES string of the molecule is CCOc1ccccc1OCCn1c(Cc2ccc(OC)cc2)nc2ccccc21. The molecule has 0 spiro atoms.